The van der Waals surface area contributed by atoms with Gasteiger partial charge in [0, 0.05) is 30.4 Å². The molecule has 0 radical (unpaired) electrons. The van der Waals surface area contributed by atoms with Gasteiger partial charge in [0.25, 0.3) is 5.91 Å². The van der Waals surface area contributed by atoms with Gasteiger partial charge in [-0.1, -0.05) is 23.7 Å². The molecule has 0 fully saturated rings. The largest absolute Gasteiger partial charge is 0.348 e. The molecule has 0 aliphatic rings. The van der Waals surface area contributed by atoms with E-state index in [4.69, 9.17) is 11.6 Å². The molecule has 0 saturated carbocycles. The molecule has 6 nitrogen and oxygen atoms in total. The maximum atomic E-state index is 12.5. The van der Waals surface area contributed by atoms with Crippen molar-refractivity contribution in [1.29, 1.82) is 0 Å². The van der Waals surface area contributed by atoms with Gasteiger partial charge in [-0.3, -0.25) is 14.2 Å². The van der Waals surface area contributed by atoms with E-state index in [0.717, 1.165) is 28.2 Å². The summed E-state index contributed by atoms with van der Waals surface area (Å²) in [5, 5.41) is 12.3. The smallest absolute Gasteiger partial charge is 0.251 e. The highest BCUT2D eigenvalue weighted by Crippen LogP contribution is 2.20. The van der Waals surface area contributed by atoms with Crippen molar-refractivity contribution >= 4 is 17.5 Å². The second-order valence-corrected chi connectivity index (χ2v) is 6.78. The lowest BCUT2D eigenvalue weighted by molar-refractivity contribution is 0.0950. The normalized spacial score (nSPS) is 11.0. The third-order valence-corrected chi connectivity index (χ3v) is 5.14. The Kier molecular flexibility index (Phi) is 5.13. The van der Waals surface area contributed by atoms with Gasteiger partial charge in [-0.05, 0) is 38.5 Å². The van der Waals surface area contributed by atoms with Gasteiger partial charge in [0.05, 0.1) is 29.2 Å². The van der Waals surface area contributed by atoms with Crippen LogP contribution >= 0.6 is 11.6 Å². The Hall–Kier alpha value is -2.60. The molecular weight excluding hydrogens is 350 g/mol. The number of aryl methyl sites for hydroxylation is 2. The third-order valence-electron chi connectivity index (χ3n) is 4.59. The molecule has 1 N–H and O–H groups in total. The first-order valence-corrected chi connectivity index (χ1v) is 8.78. The molecule has 136 valence electrons. The Labute approximate surface area is 157 Å². The van der Waals surface area contributed by atoms with E-state index in [1.54, 1.807) is 10.9 Å². The highest BCUT2D eigenvalue weighted by Gasteiger charge is 2.12. The molecule has 0 unspecified atom stereocenters. The van der Waals surface area contributed by atoms with Crippen LogP contribution in [0.3, 0.4) is 0 Å². The fourth-order valence-electron chi connectivity index (χ4n) is 2.81. The van der Waals surface area contributed by atoms with Crippen molar-refractivity contribution in [3.05, 3.63) is 69.3 Å². The molecule has 3 rings (SSSR count). The van der Waals surface area contributed by atoms with Crippen molar-refractivity contribution in [3.8, 4) is 0 Å². The maximum absolute atomic E-state index is 12.5. The first-order chi connectivity index (χ1) is 12.4. The van der Waals surface area contributed by atoms with Gasteiger partial charge in [0.15, 0.2) is 0 Å². The van der Waals surface area contributed by atoms with Gasteiger partial charge < -0.3 is 5.32 Å². The molecule has 1 aromatic carbocycles. The molecule has 0 saturated heterocycles. The molecule has 3 aromatic rings. The van der Waals surface area contributed by atoms with Crippen LogP contribution in [0.25, 0.3) is 0 Å². The number of nitrogens with one attached hydrogen (secondary N) is 1. The zero-order valence-corrected chi connectivity index (χ0v) is 16.1. The van der Waals surface area contributed by atoms with E-state index in [1.807, 2.05) is 56.8 Å². The number of carbonyl (C=O) groups excluding carboxylic acids is 1. The van der Waals surface area contributed by atoms with E-state index in [1.165, 1.54) is 0 Å². The minimum Gasteiger partial charge on any atom is -0.348 e. The van der Waals surface area contributed by atoms with E-state index in [9.17, 15) is 4.79 Å². The lowest BCUT2D eigenvalue weighted by Gasteiger charge is -2.08. The van der Waals surface area contributed by atoms with Gasteiger partial charge in [-0.15, -0.1) is 0 Å². The molecule has 2 heterocycles. The van der Waals surface area contributed by atoms with Crippen molar-refractivity contribution in [3.63, 3.8) is 0 Å². The molecule has 0 aliphatic heterocycles. The van der Waals surface area contributed by atoms with E-state index in [0.29, 0.717) is 23.7 Å². The van der Waals surface area contributed by atoms with Crippen molar-refractivity contribution in [1.82, 2.24) is 24.9 Å². The lowest BCUT2D eigenvalue weighted by Crippen LogP contribution is -2.23. The molecule has 2 aromatic heterocycles. The summed E-state index contributed by atoms with van der Waals surface area (Å²) in [4.78, 5) is 12.5. The van der Waals surface area contributed by atoms with Crippen molar-refractivity contribution in [2.45, 2.75) is 33.9 Å². The van der Waals surface area contributed by atoms with Gasteiger partial charge in [-0.2, -0.15) is 10.2 Å². The molecule has 0 aliphatic carbocycles. The summed E-state index contributed by atoms with van der Waals surface area (Å²) in [6.45, 7) is 6.83. The Morgan fingerprint density at radius 2 is 2.00 bits per heavy atom. The lowest BCUT2D eigenvalue weighted by atomic mass is 10.1. The number of hydrogen-bond donors (Lipinski definition) is 1. The highest BCUT2D eigenvalue weighted by atomic mass is 35.5. The topological polar surface area (TPSA) is 64.7 Å². The summed E-state index contributed by atoms with van der Waals surface area (Å²) in [6, 6.07) is 7.55. The molecule has 26 heavy (non-hydrogen) atoms. The van der Waals surface area contributed by atoms with Crippen molar-refractivity contribution < 1.29 is 4.79 Å². The Bertz CT molecular complexity index is 957. The predicted octanol–water partition coefficient (Wildman–Crippen LogP) is 3.17. The number of rotatable bonds is 5. The number of amides is 1. The van der Waals surface area contributed by atoms with E-state index >= 15 is 0 Å². The Morgan fingerprint density at radius 1 is 1.23 bits per heavy atom. The Morgan fingerprint density at radius 3 is 2.62 bits per heavy atom. The standard InChI is InChI=1S/C19H22ClN5O/c1-12-18(20)14(3)25(23-12)11-15-6-5-7-16(8-15)19(26)21-9-17-10-22-24(4)13(17)2/h5-8,10H,9,11H2,1-4H3,(H,21,26). The monoisotopic (exact) mass is 371 g/mol. The maximum Gasteiger partial charge on any atom is 0.251 e. The molecule has 0 bridgehead atoms. The third kappa shape index (κ3) is 3.65. The summed E-state index contributed by atoms with van der Waals surface area (Å²) in [5.41, 5.74) is 5.40. The molecule has 0 spiro atoms. The van der Waals surface area contributed by atoms with E-state index in [-0.39, 0.29) is 5.91 Å². The zero-order chi connectivity index (χ0) is 18.8. The van der Waals surface area contributed by atoms with Crippen LogP contribution in [0, 0.1) is 20.8 Å². The van der Waals surface area contributed by atoms with E-state index < -0.39 is 0 Å². The average Bonchev–Trinajstić information content (AvgIpc) is 3.07. The van der Waals surface area contributed by atoms with Crippen LogP contribution in [0.4, 0.5) is 0 Å². The SMILES string of the molecule is Cc1nn(Cc2cccc(C(=O)NCc3cnn(C)c3C)c2)c(C)c1Cl. The Balaban J connectivity index is 1.71. The van der Waals surface area contributed by atoms with Crippen LogP contribution in [0.5, 0.6) is 0 Å². The fourth-order valence-corrected chi connectivity index (χ4v) is 2.94. The van der Waals surface area contributed by atoms with Gasteiger partial charge in [-0.25, -0.2) is 0 Å². The number of nitrogens with zero attached hydrogens (tertiary/aromatic N) is 4. The number of halogens is 1. The quantitative estimate of drug-likeness (QED) is 0.749. The summed E-state index contributed by atoms with van der Waals surface area (Å²) in [6.07, 6.45) is 1.78. The number of benzene rings is 1. The summed E-state index contributed by atoms with van der Waals surface area (Å²) in [5.74, 6) is -0.110. The molecular formula is C19H22ClN5O. The first kappa shape index (κ1) is 18.2. The summed E-state index contributed by atoms with van der Waals surface area (Å²) in [7, 11) is 1.88. The average molecular weight is 372 g/mol. The van der Waals surface area contributed by atoms with Crippen molar-refractivity contribution in [2.75, 3.05) is 0 Å². The molecule has 7 heteroatoms. The molecule has 0 atom stereocenters. The summed E-state index contributed by atoms with van der Waals surface area (Å²) >= 11 is 6.21. The van der Waals surface area contributed by atoms with Crippen molar-refractivity contribution in [2.24, 2.45) is 7.05 Å². The fraction of sp³-hybridized carbons (Fsp3) is 0.316. The van der Waals surface area contributed by atoms with Crippen LogP contribution in [-0.2, 0) is 20.1 Å². The van der Waals surface area contributed by atoms with Gasteiger partial charge >= 0.3 is 0 Å². The zero-order valence-electron chi connectivity index (χ0n) is 15.4. The van der Waals surface area contributed by atoms with Crippen LogP contribution in [-0.4, -0.2) is 25.5 Å². The number of aromatic nitrogens is 4. The van der Waals surface area contributed by atoms with E-state index in [2.05, 4.69) is 15.5 Å². The van der Waals surface area contributed by atoms with Crippen LogP contribution < -0.4 is 5.32 Å². The first-order valence-electron chi connectivity index (χ1n) is 8.41. The molecule has 1 amide bonds. The van der Waals surface area contributed by atoms with Crippen LogP contribution in [0.1, 0.15) is 38.6 Å². The number of hydrogen-bond acceptors (Lipinski definition) is 3. The van der Waals surface area contributed by atoms with Gasteiger partial charge in [0.2, 0.25) is 0 Å². The van der Waals surface area contributed by atoms with Crippen LogP contribution in [0.15, 0.2) is 30.5 Å². The second kappa shape index (κ2) is 7.33. The minimum atomic E-state index is -0.110. The van der Waals surface area contributed by atoms with Gasteiger partial charge in [0.1, 0.15) is 0 Å². The summed E-state index contributed by atoms with van der Waals surface area (Å²) < 4.78 is 3.65. The minimum absolute atomic E-state index is 0.110. The number of carbonyl (C=O) groups is 1. The predicted molar refractivity (Wildman–Crippen MR) is 101 cm³/mol. The second-order valence-electron chi connectivity index (χ2n) is 6.40. The highest BCUT2D eigenvalue weighted by molar-refractivity contribution is 6.31. The van der Waals surface area contributed by atoms with Crippen LogP contribution in [0.2, 0.25) is 5.02 Å².